The Bertz CT molecular complexity index is 445. The van der Waals surface area contributed by atoms with Gasteiger partial charge in [-0.15, -0.1) is 0 Å². The maximum atomic E-state index is 13.9. The molecule has 0 heterocycles. The summed E-state index contributed by atoms with van der Waals surface area (Å²) in [4.78, 5) is 10.2. The van der Waals surface area contributed by atoms with Gasteiger partial charge in [0.05, 0.1) is 9.95 Å². The Morgan fingerprint density at radius 3 is 2.78 bits per heavy atom. The first-order valence-electron chi connectivity index (χ1n) is 5.39. The summed E-state index contributed by atoms with van der Waals surface area (Å²) in [5, 5.41) is 13.6. The van der Waals surface area contributed by atoms with Gasteiger partial charge in [-0.25, -0.2) is 4.39 Å². The van der Waals surface area contributed by atoms with Crippen molar-refractivity contribution in [3.05, 3.63) is 33.1 Å². The largest absolute Gasteiger partial charge is 0.373 e. The second kappa shape index (κ2) is 6.80. The highest BCUT2D eigenvalue weighted by atomic mass is 35.5. The highest BCUT2D eigenvalue weighted by Crippen LogP contribution is 2.33. The van der Waals surface area contributed by atoms with E-state index in [4.69, 9.17) is 11.6 Å². The summed E-state index contributed by atoms with van der Waals surface area (Å²) in [5.41, 5.74) is -0.426. The topological polar surface area (TPSA) is 55.2 Å². The fourth-order valence-electron chi connectivity index (χ4n) is 1.50. The molecule has 100 valence electrons. The standard InChI is InChI=1S/C11H14ClFN2O2S/c1-3-7(6-18-2)14-11-9(15(16)17)5-4-8(12)10(11)13/h4-5,7,14H,3,6H2,1-2H3. The van der Waals surface area contributed by atoms with Crippen LogP contribution in [0.25, 0.3) is 0 Å². The van der Waals surface area contributed by atoms with Gasteiger partial charge in [-0.3, -0.25) is 10.1 Å². The van der Waals surface area contributed by atoms with E-state index < -0.39 is 10.7 Å². The molecule has 18 heavy (non-hydrogen) atoms. The molecule has 4 nitrogen and oxygen atoms in total. The first-order valence-corrected chi connectivity index (χ1v) is 7.16. The Kier molecular flexibility index (Phi) is 5.68. The van der Waals surface area contributed by atoms with Crippen LogP contribution < -0.4 is 5.32 Å². The Hall–Kier alpha value is -1.01. The number of thioether (sulfide) groups is 1. The number of benzene rings is 1. The van der Waals surface area contributed by atoms with Gasteiger partial charge in [0.2, 0.25) is 0 Å². The number of anilines is 1. The molecule has 0 saturated carbocycles. The van der Waals surface area contributed by atoms with Crippen molar-refractivity contribution < 1.29 is 9.31 Å². The Balaban J connectivity index is 3.12. The highest BCUT2D eigenvalue weighted by molar-refractivity contribution is 7.98. The summed E-state index contributed by atoms with van der Waals surface area (Å²) in [7, 11) is 0. The molecule has 0 aliphatic carbocycles. The van der Waals surface area contributed by atoms with Gasteiger partial charge in [0.25, 0.3) is 5.69 Å². The lowest BCUT2D eigenvalue weighted by atomic mass is 10.2. The van der Waals surface area contributed by atoms with Crippen LogP contribution in [-0.2, 0) is 0 Å². The molecule has 0 aromatic heterocycles. The van der Waals surface area contributed by atoms with Gasteiger partial charge in [-0.1, -0.05) is 18.5 Å². The molecule has 1 unspecified atom stereocenters. The van der Waals surface area contributed by atoms with Gasteiger partial charge >= 0.3 is 0 Å². The first-order chi connectivity index (χ1) is 8.51. The van der Waals surface area contributed by atoms with E-state index in [-0.39, 0.29) is 22.4 Å². The van der Waals surface area contributed by atoms with Crippen LogP contribution in [-0.4, -0.2) is 23.0 Å². The fraction of sp³-hybridized carbons (Fsp3) is 0.455. The number of nitro groups is 1. The van der Waals surface area contributed by atoms with Crippen molar-refractivity contribution in [1.29, 1.82) is 0 Å². The van der Waals surface area contributed by atoms with Gasteiger partial charge in [-0.05, 0) is 18.7 Å². The zero-order chi connectivity index (χ0) is 13.7. The van der Waals surface area contributed by atoms with Crippen LogP contribution in [0.2, 0.25) is 5.02 Å². The van der Waals surface area contributed by atoms with E-state index in [1.165, 1.54) is 12.1 Å². The maximum absolute atomic E-state index is 13.9. The average Bonchev–Trinajstić information content (AvgIpc) is 2.33. The highest BCUT2D eigenvalue weighted by Gasteiger charge is 2.22. The molecule has 1 rings (SSSR count). The molecular formula is C11H14ClFN2O2S. The van der Waals surface area contributed by atoms with Crippen LogP contribution in [0, 0.1) is 15.9 Å². The minimum Gasteiger partial charge on any atom is -0.373 e. The maximum Gasteiger partial charge on any atom is 0.295 e. The van der Waals surface area contributed by atoms with Crippen LogP contribution >= 0.6 is 23.4 Å². The zero-order valence-electron chi connectivity index (χ0n) is 10.1. The van der Waals surface area contributed by atoms with Crippen LogP contribution in [0.4, 0.5) is 15.8 Å². The number of hydrogen-bond donors (Lipinski definition) is 1. The number of halogens is 2. The second-order valence-electron chi connectivity index (χ2n) is 3.72. The number of nitro benzene ring substituents is 1. The third-order valence-electron chi connectivity index (χ3n) is 2.48. The van der Waals surface area contributed by atoms with Crippen molar-refractivity contribution in [1.82, 2.24) is 0 Å². The molecule has 0 spiro atoms. The van der Waals surface area contributed by atoms with E-state index in [9.17, 15) is 14.5 Å². The van der Waals surface area contributed by atoms with Crippen LogP contribution in [0.1, 0.15) is 13.3 Å². The number of nitrogens with zero attached hydrogens (tertiary/aromatic N) is 1. The van der Waals surface area contributed by atoms with Crippen molar-refractivity contribution in [3.63, 3.8) is 0 Å². The lowest BCUT2D eigenvalue weighted by Crippen LogP contribution is -2.22. The van der Waals surface area contributed by atoms with Gasteiger partial charge in [0.15, 0.2) is 11.5 Å². The van der Waals surface area contributed by atoms with Crippen LogP contribution in [0.3, 0.4) is 0 Å². The predicted octanol–water partition coefficient (Wildman–Crippen LogP) is 3.94. The quantitative estimate of drug-likeness (QED) is 0.637. The molecule has 0 aliphatic rings. The molecule has 0 saturated heterocycles. The molecule has 0 radical (unpaired) electrons. The summed E-state index contributed by atoms with van der Waals surface area (Å²) >= 11 is 7.24. The van der Waals surface area contributed by atoms with Crippen molar-refractivity contribution >= 4 is 34.7 Å². The lowest BCUT2D eigenvalue weighted by Gasteiger charge is -2.17. The molecule has 0 aliphatic heterocycles. The molecule has 0 amide bonds. The SMILES string of the molecule is CCC(CSC)Nc1c([N+](=O)[O-])ccc(Cl)c1F. The van der Waals surface area contributed by atoms with Crippen molar-refractivity contribution in [3.8, 4) is 0 Å². The fourth-order valence-corrected chi connectivity index (χ4v) is 2.38. The normalized spacial score (nSPS) is 12.2. The summed E-state index contributed by atoms with van der Waals surface area (Å²) in [6.45, 7) is 1.93. The Morgan fingerprint density at radius 1 is 1.61 bits per heavy atom. The monoisotopic (exact) mass is 292 g/mol. The number of hydrogen-bond acceptors (Lipinski definition) is 4. The number of nitrogens with one attached hydrogen (secondary N) is 1. The second-order valence-corrected chi connectivity index (χ2v) is 5.04. The molecule has 1 N–H and O–H groups in total. The van der Waals surface area contributed by atoms with Crippen LogP contribution in [0.15, 0.2) is 12.1 Å². The smallest absolute Gasteiger partial charge is 0.295 e. The average molecular weight is 293 g/mol. The number of rotatable bonds is 6. The summed E-state index contributed by atoms with van der Waals surface area (Å²) in [6.07, 6.45) is 2.66. The minimum absolute atomic E-state index is 0.0355. The molecule has 7 heteroatoms. The van der Waals surface area contributed by atoms with E-state index in [0.29, 0.717) is 0 Å². The van der Waals surface area contributed by atoms with Gasteiger partial charge in [0, 0.05) is 17.9 Å². The molecule has 1 aromatic rings. The molecule has 1 atom stereocenters. The van der Waals surface area contributed by atoms with E-state index in [2.05, 4.69) is 5.32 Å². The Morgan fingerprint density at radius 2 is 2.28 bits per heavy atom. The summed E-state index contributed by atoms with van der Waals surface area (Å²) < 4.78 is 13.9. The molecular weight excluding hydrogens is 279 g/mol. The van der Waals surface area contributed by atoms with Crippen LogP contribution in [0.5, 0.6) is 0 Å². The third-order valence-corrected chi connectivity index (χ3v) is 3.51. The van der Waals surface area contributed by atoms with E-state index in [1.54, 1.807) is 11.8 Å². The summed E-state index contributed by atoms with van der Waals surface area (Å²) in [6, 6.07) is 2.36. The lowest BCUT2D eigenvalue weighted by molar-refractivity contribution is -0.384. The first kappa shape index (κ1) is 15.0. The van der Waals surface area contributed by atoms with Gasteiger partial charge < -0.3 is 5.32 Å². The molecule has 0 fully saturated rings. The van der Waals surface area contributed by atoms with Gasteiger partial charge in [0.1, 0.15) is 0 Å². The van der Waals surface area contributed by atoms with Crippen molar-refractivity contribution in [2.75, 3.05) is 17.3 Å². The zero-order valence-corrected chi connectivity index (χ0v) is 11.6. The van der Waals surface area contributed by atoms with Gasteiger partial charge in [-0.2, -0.15) is 11.8 Å². The predicted molar refractivity (Wildman–Crippen MR) is 74.1 cm³/mol. The van der Waals surface area contributed by atoms with Crippen molar-refractivity contribution in [2.45, 2.75) is 19.4 Å². The van der Waals surface area contributed by atoms with E-state index >= 15 is 0 Å². The summed E-state index contributed by atoms with van der Waals surface area (Å²) in [5.74, 6) is -0.0370. The molecule has 1 aromatic carbocycles. The van der Waals surface area contributed by atoms with E-state index in [1.807, 2.05) is 13.2 Å². The van der Waals surface area contributed by atoms with Crippen molar-refractivity contribution in [2.24, 2.45) is 0 Å². The Labute approximate surface area is 114 Å². The molecule has 0 bridgehead atoms. The van der Waals surface area contributed by atoms with E-state index in [0.717, 1.165) is 12.2 Å². The minimum atomic E-state index is -0.773. The third kappa shape index (κ3) is 3.49.